The molecule has 2 aliphatic carbocycles. The van der Waals surface area contributed by atoms with Crippen LogP contribution in [0.3, 0.4) is 0 Å². The fourth-order valence-electron chi connectivity index (χ4n) is 5.08. The van der Waals surface area contributed by atoms with Crippen LogP contribution in [0.2, 0.25) is 0 Å². The van der Waals surface area contributed by atoms with Crippen LogP contribution in [-0.2, 0) is 19.3 Å². The smallest absolute Gasteiger partial charge is 0.319 e. The van der Waals surface area contributed by atoms with Crippen LogP contribution < -0.4 is 20.9 Å². The van der Waals surface area contributed by atoms with E-state index in [4.69, 9.17) is 15.7 Å². The average molecular weight is 437 g/mol. The third kappa shape index (κ3) is 4.81. The van der Waals surface area contributed by atoms with E-state index in [2.05, 4.69) is 43.4 Å². The minimum atomic E-state index is -0.376. The summed E-state index contributed by atoms with van der Waals surface area (Å²) >= 11 is 0. The molecule has 2 aromatic rings. The number of hydrogen-bond donors (Lipinski definition) is 2. The van der Waals surface area contributed by atoms with Gasteiger partial charge in [0.15, 0.2) is 0 Å². The molecule has 1 aromatic carbocycles. The van der Waals surface area contributed by atoms with Gasteiger partial charge < -0.3 is 16.0 Å². The Morgan fingerprint density at radius 2 is 1.75 bits per heavy atom. The van der Waals surface area contributed by atoms with Crippen LogP contribution in [0.4, 0.5) is 22.2 Å². The van der Waals surface area contributed by atoms with Gasteiger partial charge in [-0.1, -0.05) is 19.1 Å². The maximum Gasteiger partial charge on any atom is 0.319 e. The Hall–Kier alpha value is -2.83. The first-order valence-electron chi connectivity index (χ1n) is 12.0. The van der Waals surface area contributed by atoms with Crippen molar-refractivity contribution < 1.29 is 4.79 Å². The van der Waals surface area contributed by atoms with Crippen LogP contribution in [-0.4, -0.2) is 42.2 Å². The highest BCUT2D eigenvalue weighted by molar-refractivity contribution is 5.91. The van der Waals surface area contributed by atoms with Crippen molar-refractivity contribution in [2.75, 3.05) is 29.2 Å². The van der Waals surface area contributed by atoms with Crippen LogP contribution >= 0.6 is 0 Å². The van der Waals surface area contributed by atoms with E-state index in [-0.39, 0.29) is 12.1 Å². The van der Waals surface area contributed by atoms with Crippen LogP contribution in [0, 0.1) is 0 Å². The van der Waals surface area contributed by atoms with Gasteiger partial charge in [0.1, 0.15) is 5.82 Å². The molecule has 1 saturated carbocycles. The van der Waals surface area contributed by atoms with Crippen LogP contribution in [0.25, 0.3) is 0 Å². The Morgan fingerprint density at radius 3 is 2.38 bits per heavy atom. The third-order valence-corrected chi connectivity index (χ3v) is 6.84. The molecule has 1 fully saturated rings. The molecule has 32 heavy (non-hydrogen) atoms. The molecule has 7 heteroatoms. The van der Waals surface area contributed by atoms with Gasteiger partial charge in [-0.25, -0.2) is 9.78 Å². The number of fused-ring (bicyclic) bond motifs is 1. The normalized spacial score (nSPS) is 20.3. The first-order valence-corrected chi connectivity index (χ1v) is 12.0. The van der Waals surface area contributed by atoms with Crippen molar-refractivity contribution in [3.8, 4) is 0 Å². The second kappa shape index (κ2) is 9.76. The highest BCUT2D eigenvalue weighted by Gasteiger charge is 2.30. The zero-order chi connectivity index (χ0) is 22.7. The molecule has 0 unspecified atom stereocenters. The zero-order valence-electron chi connectivity index (χ0n) is 19.6. The number of rotatable bonds is 6. The number of anilines is 3. The van der Waals surface area contributed by atoms with E-state index >= 15 is 0 Å². The zero-order valence-corrected chi connectivity index (χ0v) is 19.6. The predicted octanol–water partition coefficient (Wildman–Crippen LogP) is 4.29. The van der Waals surface area contributed by atoms with E-state index in [1.165, 1.54) is 29.7 Å². The number of amides is 2. The molecule has 0 saturated heterocycles. The molecular formula is C25H36N6O. The summed E-state index contributed by atoms with van der Waals surface area (Å²) < 4.78 is 0. The highest BCUT2D eigenvalue weighted by atomic mass is 16.2. The van der Waals surface area contributed by atoms with E-state index in [9.17, 15) is 4.79 Å². The van der Waals surface area contributed by atoms with E-state index < -0.39 is 0 Å². The van der Waals surface area contributed by atoms with Gasteiger partial charge in [0.2, 0.25) is 5.95 Å². The molecule has 1 aromatic heterocycles. The monoisotopic (exact) mass is 436 g/mol. The number of nitrogens with zero attached hydrogens (tertiary/aromatic N) is 4. The Morgan fingerprint density at radius 1 is 1.06 bits per heavy atom. The molecule has 2 amide bonds. The largest absolute Gasteiger partial charge is 0.362 e. The lowest BCUT2D eigenvalue weighted by Crippen LogP contribution is -2.46. The number of aryl methyl sites for hydroxylation is 2. The quantitative estimate of drug-likeness (QED) is 0.705. The molecule has 2 aliphatic rings. The minimum absolute atomic E-state index is 0.125. The van der Waals surface area contributed by atoms with Crippen LogP contribution in [0.1, 0.15) is 62.3 Å². The average Bonchev–Trinajstić information content (AvgIpc) is 2.80. The molecule has 4 rings (SSSR count). The Kier molecular flexibility index (Phi) is 6.82. The van der Waals surface area contributed by atoms with Crippen molar-refractivity contribution in [2.24, 2.45) is 5.73 Å². The van der Waals surface area contributed by atoms with E-state index in [1.807, 2.05) is 12.1 Å². The fourth-order valence-corrected chi connectivity index (χ4v) is 5.08. The van der Waals surface area contributed by atoms with Gasteiger partial charge in [0.25, 0.3) is 0 Å². The van der Waals surface area contributed by atoms with Crippen LogP contribution in [0.15, 0.2) is 24.3 Å². The van der Waals surface area contributed by atoms with E-state index in [0.29, 0.717) is 6.04 Å². The summed E-state index contributed by atoms with van der Waals surface area (Å²) in [7, 11) is 4.11. The summed E-state index contributed by atoms with van der Waals surface area (Å²) in [4.78, 5) is 25.9. The molecule has 0 aliphatic heterocycles. The Bertz CT molecular complexity index is 934. The standard InChI is InChI=1S/C25H36N6O/c1-4-17-9-13-19(14-10-17)31(24(26)32)20-15-11-18(12-16-20)27-25-28-22-8-6-5-7-21(22)23(29-25)30(2)3/h9-10,13-14,18,20H,4-8,11-12,15-16H2,1-3H3,(H2,26,32)(H,27,28,29). The van der Waals surface area contributed by atoms with Crippen molar-refractivity contribution in [3.05, 3.63) is 41.1 Å². The molecule has 0 bridgehead atoms. The second-order valence-electron chi connectivity index (χ2n) is 9.28. The minimum Gasteiger partial charge on any atom is -0.362 e. The van der Waals surface area contributed by atoms with Gasteiger partial charge in [-0.2, -0.15) is 4.98 Å². The van der Waals surface area contributed by atoms with Gasteiger partial charge in [-0.05, 0) is 75.5 Å². The summed E-state index contributed by atoms with van der Waals surface area (Å²) in [6.07, 6.45) is 9.21. The van der Waals surface area contributed by atoms with Crippen molar-refractivity contribution in [1.82, 2.24) is 9.97 Å². The molecule has 0 atom stereocenters. The SMILES string of the molecule is CCc1ccc(N(C(N)=O)C2CCC(Nc3nc4c(c(N(C)C)n3)CCCC4)CC2)cc1. The maximum absolute atomic E-state index is 12.3. The van der Waals surface area contributed by atoms with Gasteiger partial charge in [-0.3, -0.25) is 4.90 Å². The molecule has 0 spiro atoms. The molecule has 1 heterocycles. The highest BCUT2D eigenvalue weighted by Crippen LogP contribution is 2.31. The molecule has 0 radical (unpaired) electrons. The summed E-state index contributed by atoms with van der Waals surface area (Å²) in [5, 5.41) is 3.59. The maximum atomic E-state index is 12.3. The van der Waals surface area contributed by atoms with Crippen molar-refractivity contribution in [2.45, 2.75) is 76.8 Å². The number of primary amides is 1. The lowest BCUT2D eigenvalue weighted by molar-refractivity contribution is 0.248. The van der Waals surface area contributed by atoms with Crippen molar-refractivity contribution >= 4 is 23.5 Å². The van der Waals surface area contributed by atoms with Gasteiger partial charge in [0.05, 0.1) is 5.69 Å². The van der Waals surface area contributed by atoms with Gasteiger partial charge >= 0.3 is 6.03 Å². The molecular weight excluding hydrogens is 400 g/mol. The first-order chi connectivity index (χ1) is 15.5. The number of carbonyl (C=O) groups excluding carboxylic acids is 1. The molecule has 7 nitrogen and oxygen atoms in total. The summed E-state index contributed by atoms with van der Waals surface area (Å²) in [6, 6.07) is 8.23. The number of aromatic nitrogens is 2. The number of nitrogens with one attached hydrogen (secondary N) is 1. The summed E-state index contributed by atoms with van der Waals surface area (Å²) in [5.41, 5.74) is 10.4. The van der Waals surface area contributed by atoms with E-state index in [0.717, 1.165) is 62.4 Å². The Balaban J connectivity index is 1.43. The third-order valence-electron chi connectivity index (χ3n) is 6.84. The van der Waals surface area contributed by atoms with Crippen molar-refractivity contribution in [3.63, 3.8) is 0 Å². The van der Waals surface area contributed by atoms with Crippen molar-refractivity contribution in [1.29, 1.82) is 0 Å². The summed E-state index contributed by atoms with van der Waals surface area (Å²) in [5.74, 6) is 1.78. The predicted molar refractivity (Wildman–Crippen MR) is 131 cm³/mol. The lowest BCUT2D eigenvalue weighted by atomic mass is 9.90. The van der Waals surface area contributed by atoms with Crippen LogP contribution in [0.5, 0.6) is 0 Å². The molecule has 3 N–H and O–H groups in total. The number of urea groups is 1. The van der Waals surface area contributed by atoms with Gasteiger partial charge in [-0.15, -0.1) is 0 Å². The Labute approximate surface area is 191 Å². The topological polar surface area (TPSA) is 87.4 Å². The first kappa shape index (κ1) is 22.4. The summed E-state index contributed by atoms with van der Waals surface area (Å²) in [6.45, 7) is 2.13. The number of nitrogens with two attached hydrogens (primary N) is 1. The number of hydrogen-bond acceptors (Lipinski definition) is 5. The number of benzene rings is 1. The second-order valence-corrected chi connectivity index (χ2v) is 9.28. The number of carbonyl (C=O) groups is 1. The van der Waals surface area contributed by atoms with Gasteiger partial charge in [0, 0.05) is 37.4 Å². The van der Waals surface area contributed by atoms with E-state index in [1.54, 1.807) is 4.90 Å². The molecule has 172 valence electrons. The lowest BCUT2D eigenvalue weighted by Gasteiger charge is -2.36. The fraction of sp³-hybridized carbons (Fsp3) is 0.560.